The Morgan fingerprint density at radius 1 is 1.10 bits per heavy atom. The summed E-state index contributed by atoms with van der Waals surface area (Å²) in [7, 11) is 0. The summed E-state index contributed by atoms with van der Waals surface area (Å²) in [6.07, 6.45) is 8.96. The van der Waals surface area contributed by atoms with E-state index in [1.165, 1.54) is 0 Å². The zero-order valence-electron chi connectivity index (χ0n) is 6.29. The lowest BCUT2D eigenvalue weighted by Gasteiger charge is -2.17. The quantitative estimate of drug-likeness (QED) is 0.421. The number of rotatable bonds is 1. The number of nitrogens with two attached hydrogens (primary N) is 2. The highest BCUT2D eigenvalue weighted by molar-refractivity contribution is 4.88. The first kappa shape index (κ1) is 7.76. The highest BCUT2D eigenvalue weighted by atomic mass is 14.9. The van der Waals surface area contributed by atoms with Crippen LogP contribution in [0.2, 0.25) is 0 Å². The molecule has 0 fully saturated rings. The third-order valence-electron chi connectivity index (χ3n) is 2.12. The van der Waals surface area contributed by atoms with Gasteiger partial charge in [-0.2, -0.15) is 0 Å². The second kappa shape index (κ2) is 3.74. The monoisotopic (exact) mass is 140 g/mol. The molecule has 0 amide bonds. The van der Waals surface area contributed by atoms with Crippen molar-refractivity contribution in [2.24, 2.45) is 17.4 Å². The van der Waals surface area contributed by atoms with Crippen molar-refractivity contribution in [2.75, 3.05) is 0 Å². The Morgan fingerprint density at radius 3 is 2.00 bits per heavy atom. The summed E-state index contributed by atoms with van der Waals surface area (Å²) in [6, 6.07) is 0. The van der Waals surface area contributed by atoms with Crippen LogP contribution in [0.15, 0.2) is 12.2 Å². The molecule has 0 atom stereocenters. The van der Waals surface area contributed by atoms with Crippen LogP contribution in [-0.4, -0.2) is 6.17 Å². The highest BCUT2D eigenvalue weighted by Gasteiger charge is 2.13. The Bertz CT molecular complexity index is 108. The van der Waals surface area contributed by atoms with Crippen molar-refractivity contribution in [3.8, 4) is 0 Å². The lowest BCUT2D eigenvalue weighted by Crippen LogP contribution is -2.38. The summed E-state index contributed by atoms with van der Waals surface area (Å²) in [5.41, 5.74) is 11.2. The first-order valence-corrected chi connectivity index (χ1v) is 3.97. The Labute approximate surface area is 62.3 Å². The van der Waals surface area contributed by atoms with Crippen molar-refractivity contribution in [3.63, 3.8) is 0 Å². The van der Waals surface area contributed by atoms with Gasteiger partial charge in [0.05, 0.1) is 6.17 Å². The summed E-state index contributed by atoms with van der Waals surface area (Å²) in [4.78, 5) is 0. The molecule has 0 unspecified atom stereocenters. The van der Waals surface area contributed by atoms with Gasteiger partial charge in [-0.05, 0) is 31.6 Å². The van der Waals surface area contributed by atoms with E-state index in [1.807, 2.05) is 0 Å². The fourth-order valence-electron chi connectivity index (χ4n) is 1.39. The van der Waals surface area contributed by atoms with Crippen LogP contribution in [0.3, 0.4) is 0 Å². The van der Waals surface area contributed by atoms with Gasteiger partial charge in [-0.3, -0.25) is 0 Å². The molecular formula is C8H16N2. The van der Waals surface area contributed by atoms with Gasteiger partial charge in [-0.1, -0.05) is 12.2 Å². The van der Waals surface area contributed by atoms with Gasteiger partial charge in [0.15, 0.2) is 0 Å². The second-order valence-corrected chi connectivity index (χ2v) is 2.96. The summed E-state index contributed by atoms with van der Waals surface area (Å²) in [5, 5.41) is 0. The predicted molar refractivity (Wildman–Crippen MR) is 43.3 cm³/mol. The molecule has 0 radical (unpaired) electrons. The van der Waals surface area contributed by atoms with Gasteiger partial charge >= 0.3 is 0 Å². The van der Waals surface area contributed by atoms with E-state index in [9.17, 15) is 0 Å². The fraction of sp³-hybridized carbons (Fsp3) is 0.750. The van der Waals surface area contributed by atoms with E-state index in [4.69, 9.17) is 11.5 Å². The smallest absolute Gasteiger partial charge is 0.0550 e. The summed E-state index contributed by atoms with van der Waals surface area (Å²) < 4.78 is 0. The minimum absolute atomic E-state index is 0.111. The maximum Gasteiger partial charge on any atom is 0.0550 e. The van der Waals surface area contributed by atoms with Crippen LogP contribution in [0.5, 0.6) is 0 Å². The SMILES string of the molecule is NC(N)C1CCC=CCC1. The van der Waals surface area contributed by atoms with Gasteiger partial charge in [0, 0.05) is 0 Å². The normalized spacial score (nSPS) is 21.5. The maximum absolute atomic E-state index is 5.59. The molecule has 58 valence electrons. The van der Waals surface area contributed by atoms with Crippen molar-refractivity contribution in [1.29, 1.82) is 0 Å². The van der Waals surface area contributed by atoms with E-state index >= 15 is 0 Å². The average molecular weight is 140 g/mol. The summed E-state index contributed by atoms with van der Waals surface area (Å²) in [6.45, 7) is 0. The van der Waals surface area contributed by atoms with Gasteiger partial charge < -0.3 is 11.5 Å². The van der Waals surface area contributed by atoms with E-state index in [1.54, 1.807) is 0 Å². The van der Waals surface area contributed by atoms with Crippen LogP contribution in [0.25, 0.3) is 0 Å². The zero-order valence-corrected chi connectivity index (χ0v) is 6.29. The number of hydrogen-bond acceptors (Lipinski definition) is 2. The Morgan fingerprint density at radius 2 is 1.60 bits per heavy atom. The van der Waals surface area contributed by atoms with Gasteiger partial charge in [-0.15, -0.1) is 0 Å². The molecule has 1 rings (SSSR count). The minimum Gasteiger partial charge on any atom is -0.316 e. The van der Waals surface area contributed by atoms with Gasteiger partial charge in [0.2, 0.25) is 0 Å². The summed E-state index contributed by atoms with van der Waals surface area (Å²) >= 11 is 0. The van der Waals surface area contributed by atoms with Crippen molar-refractivity contribution >= 4 is 0 Å². The Hall–Kier alpha value is -0.340. The molecule has 0 aromatic carbocycles. The lowest BCUT2D eigenvalue weighted by molar-refractivity contribution is 0.386. The fourth-order valence-corrected chi connectivity index (χ4v) is 1.39. The lowest BCUT2D eigenvalue weighted by atomic mass is 9.97. The molecule has 0 spiro atoms. The molecule has 0 aromatic rings. The highest BCUT2D eigenvalue weighted by Crippen LogP contribution is 2.18. The van der Waals surface area contributed by atoms with E-state index in [2.05, 4.69) is 12.2 Å². The topological polar surface area (TPSA) is 52.0 Å². The Balaban J connectivity index is 2.34. The third kappa shape index (κ3) is 2.12. The van der Waals surface area contributed by atoms with Crippen LogP contribution in [0.1, 0.15) is 25.7 Å². The molecule has 0 aromatic heterocycles. The first-order chi connectivity index (χ1) is 4.80. The van der Waals surface area contributed by atoms with Crippen molar-refractivity contribution in [2.45, 2.75) is 31.8 Å². The molecule has 2 nitrogen and oxygen atoms in total. The molecule has 1 aliphatic carbocycles. The third-order valence-corrected chi connectivity index (χ3v) is 2.12. The van der Waals surface area contributed by atoms with Crippen LogP contribution >= 0.6 is 0 Å². The van der Waals surface area contributed by atoms with Crippen LogP contribution in [0.4, 0.5) is 0 Å². The molecule has 0 heterocycles. The summed E-state index contributed by atoms with van der Waals surface area (Å²) in [5.74, 6) is 0.537. The molecule has 4 N–H and O–H groups in total. The van der Waals surface area contributed by atoms with Gasteiger partial charge in [-0.25, -0.2) is 0 Å². The molecule has 0 bridgehead atoms. The predicted octanol–water partition coefficient (Wildman–Crippen LogP) is 0.976. The minimum atomic E-state index is -0.111. The van der Waals surface area contributed by atoms with Crippen molar-refractivity contribution < 1.29 is 0 Å². The molecule has 10 heavy (non-hydrogen) atoms. The number of hydrogen-bond donors (Lipinski definition) is 2. The van der Waals surface area contributed by atoms with Crippen molar-refractivity contribution in [1.82, 2.24) is 0 Å². The van der Waals surface area contributed by atoms with Crippen LogP contribution < -0.4 is 11.5 Å². The number of allylic oxidation sites excluding steroid dienone is 2. The zero-order chi connectivity index (χ0) is 7.40. The molecule has 0 saturated carbocycles. The van der Waals surface area contributed by atoms with Crippen LogP contribution in [0, 0.1) is 5.92 Å². The largest absolute Gasteiger partial charge is 0.316 e. The average Bonchev–Trinajstić information content (AvgIpc) is 2.12. The van der Waals surface area contributed by atoms with Crippen molar-refractivity contribution in [3.05, 3.63) is 12.2 Å². The van der Waals surface area contributed by atoms with E-state index in [0.29, 0.717) is 5.92 Å². The molecule has 0 aliphatic heterocycles. The molecule has 2 heteroatoms. The van der Waals surface area contributed by atoms with Gasteiger partial charge in [0.1, 0.15) is 0 Å². The maximum atomic E-state index is 5.59. The molecule has 0 saturated heterocycles. The first-order valence-electron chi connectivity index (χ1n) is 3.97. The standard InChI is InChI=1S/C8H16N2/c9-8(10)7-5-3-1-2-4-6-7/h1-2,7-8H,3-6,9-10H2. The molecule has 1 aliphatic rings. The van der Waals surface area contributed by atoms with Crippen LogP contribution in [-0.2, 0) is 0 Å². The van der Waals surface area contributed by atoms with E-state index in [0.717, 1.165) is 25.7 Å². The van der Waals surface area contributed by atoms with E-state index in [-0.39, 0.29) is 6.17 Å². The van der Waals surface area contributed by atoms with Gasteiger partial charge in [0.25, 0.3) is 0 Å². The molecular weight excluding hydrogens is 124 g/mol. The van der Waals surface area contributed by atoms with E-state index < -0.39 is 0 Å². The second-order valence-electron chi connectivity index (χ2n) is 2.96. The Kier molecular flexibility index (Phi) is 2.90.